The topological polar surface area (TPSA) is 30.7 Å². The fourth-order valence-corrected chi connectivity index (χ4v) is 3.33. The van der Waals surface area contributed by atoms with E-state index in [2.05, 4.69) is 47.4 Å². The van der Waals surface area contributed by atoms with Crippen molar-refractivity contribution in [3.8, 4) is 12.3 Å². The summed E-state index contributed by atoms with van der Waals surface area (Å²) in [5, 5.41) is 8.83. The molecular formula is C23H25N3. The van der Waals surface area contributed by atoms with Crippen LogP contribution < -0.4 is 0 Å². The van der Waals surface area contributed by atoms with Crippen molar-refractivity contribution in [1.29, 1.82) is 0 Å². The van der Waals surface area contributed by atoms with Crippen LogP contribution >= 0.6 is 0 Å². The molecule has 0 aliphatic rings. The molecule has 1 heterocycles. The van der Waals surface area contributed by atoms with Gasteiger partial charge in [-0.15, -0.1) is 11.5 Å². The first kappa shape index (κ1) is 17.9. The maximum atomic E-state index is 6.11. The molecule has 2 aromatic carbocycles. The molecule has 0 radical (unpaired) electrons. The third-order valence-corrected chi connectivity index (χ3v) is 4.76. The third-order valence-electron chi connectivity index (χ3n) is 4.76. The van der Waals surface area contributed by atoms with E-state index in [1.165, 1.54) is 19.3 Å². The summed E-state index contributed by atoms with van der Waals surface area (Å²) in [7, 11) is 0. The van der Waals surface area contributed by atoms with Crippen molar-refractivity contribution in [3.05, 3.63) is 83.7 Å². The normalized spacial score (nSPS) is 11.2. The van der Waals surface area contributed by atoms with E-state index in [-0.39, 0.29) is 0 Å². The Morgan fingerprint density at radius 3 is 2.08 bits per heavy atom. The van der Waals surface area contributed by atoms with Crippen LogP contribution in [0.25, 0.3) is 0 Å². The maximum absolute atomic E-state index is 6.11. The average molecular weight is 343 g/mol. The standard InChI is InChI=1S/C23H25N3/c1-3-5-6-13-18-22-19-26(25-24-22)23(4-2,20-14-9-7-10-15-20)21-16-11-8-12-17-21/h2,7-12,14-17,19H,3,5-6,13,18H2,1H3. The number of hydrogen-bond donors (Lipinski definition) is 0. The van der Waals surface area contributed by atoms with Gasteiger partial charge in [0.1, 0.15) is 0 Å². The Balaban J connectivity index is 2.00. The van der Waals surface area contributed by atoms with E-state index in [0.717, 1.165) is 29.7 Å². The highest BCUT2D eigenvalue weighted by atomic mass is 15.4. The van der Waals surface area contributed by atoms with Crippen molar-refractivity contribution in [2.24, 2.45) is 0 Å². The molecule has 0 spiro atoms. The maximum Gasteiger partial charge on any atom is 0.174 e. The molecule has 26 heavy (non-hydrogen) atoms. The number of terminal acetylenes is 1. The van der Waals surface area contributed by atoms with E-state index in [4.69, 9.17) is 6.42 Å². The van der Waals surface area contributed by atoms with Crippen LogP contribution in [-0.2, 0) is 12.0 Å². The Morgan fingerprint density at radius 1 is 0.923 bits per heavy atom. The van der Waals surface area contributed by atoms with E-state index < -0.39 is 5.54 Å². The molecular weight excluding hydrogens is 318 g/mol. The zero-order valence-corrected chi connectivity index (χ0v) is 15.3. The van der Waals surface area contributed by atoms with Crippen molar-refractivity contribution < 1.29 is 0 Å². The summed E-state index contributed by atoms with van der Waals surface area (Å²) in [5.74, 6) is 3.01. The van der Waals surface area contributed by atoms with Crippen molar-refractivity contribution in [2.45, 2.75) is 44.6 Å². The van der Waals surface area contributed by atoms with Crippen LogP contribution in [0.15, 0.2) is 66.9 Å². The molecule has 0 atom stereocenters. The molecule has 0 fully saturated rings. The molecule has 0 aliphatic heterocycles. The van der Waals surface area contributed by atoms with E-state index in [1.54, 1.807) is 0 Å². The lowest BCUT2D eigenvalue weighted by atomic mass is 9.83. The van der Waals surface area contributed by atoms with Gasteiger partial charge >= 0.3 is 0 Å². The predicted molar refractivity (Wildman–Crippen MR) is 106 cm³/mol. The van der Waals surface area contributed by atoms with Crippen LogP contribution in [0.1, 0.15) is 49.4 Å². The van der Waals surface area contributed by atoms with E-state index >= 15 is 0 Å². The van der Waals surface area contributed by atoms with E-state index in [0.29, 0.717) is 0 Å². The summed E-state index contributed by atoms with van der Waals surface area (Å²) < 4.78 is 1.84. The number of rotatable bonds is 8. The van der Waals surface area contributed by atoms with Crippen LogP contribution in [-0.4, -0.2) is 15.0 Å². The fourth-order valence-electron chi connectivity index (χ4n) is 3.33. The van der Waals surface area contributed by atoms with Gasteiger partial charge in [0.15, 0.2) is 5.54 Å². The number of hydrogen-bond acceptors (Lipinski definition) is 2. The molecule has 0 saturated carbocycles. The van der Waals surface area contributed by atoms with Gasteiger partial charge in [-0.05, 0) is 24.0 Å². The second-order valence-electron chi connectivity index (χ2n) is 6.55. The van der Waals surface area contributed by atoms with Gasteiger partial charge in [-0.1, -0.05) is 98.0 Å². The van der Waals surface area contributed by atoms with Gasteiger partial charge < -0.3 is 0 Å². The second-order valence-corrected chi connectivity index (χ2v) is 6.55. The van der Waals surface area contributed by atoms with Crippen LogP contribution in [0.5, 0.6) is 0 Å². The van der Waals surface area contributed by atoms with Crippen molar-refractivity contribution in [2.75, 3.05) is 0 Å². The van der Waals surface area contributed by atoms with Crippen LogP contribution in [0.4, 0.5) is 0 Å². The molecule has 0 bridgehead atoms. The molecule has 0 N–H and O–H groups in total. The molecule has 0 aliphatic carbocycles. The van der Waals surface area contributed by atoms with E-state index in [1.807, 2.05) is 47.3 Å². The highest BCUT2D eigenvalue weighted by Crippen LogP contribution is 2.33. The van der Waals surface area contributed by atoms with Crippen molar-refractivity contribution >= 4 is 0 Å². The highest BCUT2D eigenvalue weighted by Gasteiger charge is 2.35. The Bertz CT molecular complexity index is 804. The zero-order chi connectivity index (χ0) is 18.2. The Labute approximate surface area is 156 Å². The minimum absolute atomic E-state index is 0.794. The third kappa shape index (κ3) is 3.55. The molecule has 132 valence electrons. The first-order valence-corrected chi connectivity index (χ1v) is 9.31. The molecule has 3 nitrogen and oxygen atoms in total. The molecule has 3 heteroatoms. The molecule has 0 amide bonds. The van der Waals surface area contributed by atoms with Gasteiger partial charge in [0, 0.05) is 0 Å². The molecule has 1 aromatic heterocycles. The molecule has 3 rings (SSSR count). The average Bonchev–Trinajstić information content (AvgIpc) is 3.17. The lowest BCUT2D eigenvalue weighted by Crippen LogP contribution is -2.35. The number of benzene rings is 2. The van der Waals surface area contributed by atoms with Gasteiger partial charge in [0.05, 0.1) is 11.9 Å². The minimum atomic E-state index is -0.794. The van der Waals surface area contributed by atoms with Crippen molar-refractivity contribution in [1.82, 2.24) is 15.0 Å². The van der Waals surface area contributed by atoms with Gasteiger partial charge in [0.2, 0.25) is 0 Å². The van der Waals surface area contributed by atoms with Gasteiger partial charge in [-0.2, -0.15) is 0 Å². The summed E-state index contributed by atoms with van der Waals surface area (Å²) in [6.07, 6.45) is 13.9. The van der Waals surface area contributed by atoms with Gasteiger partial charge in [0.25, 0.3) is 0 Å². The molecule has 0 unspecified atom stereocenters. The predicted octanol–water partition coefficient (Wildman–Crippen LogP) is 4.83. The van der Waals surface area contributed by atoms with Crippen molar-refractivity contribution in [3.63, 3.8) is 0 Å². The quantitative estimate of drug-likeness (QED) is 0.433. The SMILES string of the molecule is C#CC(c1ccccc1)(c1ccccc1)n1cc(CCCCCC)nn1. The Hall–Kier alpha value is -2.86. The Kier molecular flexibility index (Phi) is 5.86. The van der Waals surface area contributed by atoms with E-state index in [9.17, 15) is 0 Å². The highest BCUT2D eigenvalue weighted by molar-refractivity contribution is 5.47. The largest absolute Gasteiger partial charge is 0.225 e. The lowest BCUT2D eigenvalue weighted by Gasteiger charge is -2.29. The summed E-state index contributed by atoms with van der Waals surface area (Å²) >= 11 is 0. The second kappa shape index (κ2) is 8.49. The summed E-state index contributed by atoms with van der Waals surface area (Å²) in [6.45, 7) is 2.22. The summed E-state index contributed by atoms with van der Waals surface area (Å²) in [5.41, 5.74) is 2.22. The van der Waals surface area contributed by atoms with Crippen LogP contribution in [0, 0.1) is 12.3 Å². The zero-order valence-electron chi connectivity index (χ0n) is 15.3. The first-order chi connectivity index (χ1) is 12.8. The number of unbranched alkanes of at least 4 members (excludes halogenated alkanes) is 3. The summed E-state index contributed by atoms with van der Waals surface area (Å²) in [6, 6.07) is 20.2. The van der Waals surface area contributed by atoms with Crippen LogP contribution in [0.2, 0.25) is 0 Å². The van der Waals surface area contributed by atoms with Gasteiger partial charge in [-0.3, -0.25) is 0 Å². The lowest BCUT2D eigenvalue weighted by molar-refractivity contribution is 0.478. The van der Waals surface area contributed by atoms with Gasteiger partial charge in [-0.25, -0.2) is 4.68 Å². The summed E-state index contributed by atoms with van der Waals surface area (Å²) in [4.78, 5) is 0. The molecule has 3 aromatic rings. The van der Waals surface area contributed by atoms with Crippen LogP contribution in [0.3, 0.4) is 0 Å². The first-order valence-electron chi connectivity index (χ1n) is 9.31. The fraction of sp³-hybridized carbons (Fsp3) is 0.304. The smallest absolute Gasteiger partial charge is 0.174 e. The monoisotopic (exact) mass is 343 g/mol. The Morgan fingerprint density at radius 2 is 1.54 bits per heavy atom. The molecule has 0 saturated heterocycles. The minimum Gasteiger partial charge on any atom is -0.225 e. The number of aryl methyl sites for hydroxylation is 1. The number of aromatic nitrogens is 3. The number of nitrogens with zero attached hydrogens (tertiary/aromatic N) is 3.